The van der Waals surface area contributed by atoms with Crippen LogP contribution in [0.2, 0.25) is 0 Å². The van der Waals surface area contributed by atoms with Crippen molar-refractivity contribution in [2.75, 3.05) is 24.5 Å². The van der Waals surface area contributed by atoms with Crippen LogP contribution in [0.1, 0.15) is 35.2 Å². The molecule has 142 valence electrons. The number of amides is 1. The summed E-state index contributed by atoms with van der Waals surface area (Å²) in [5.41, 5.74) is 2.36. The molecule has 2 aromatic rings. The number of aryl methyl sites for hydroxylation is 1. The molecule has 1 fully saturated rings. The van der Waals surface area contributed by atoms with Gasteiger partial charge in [-0.3, -0.25) is 4.79 Å². The second kappa shape index (κ2) is 7.37. The van der Waals surface area contributed by atoms with Crippen LogP contribution in [-0.2, 0) is 16.4 Å². The van der Waals surface area contributed by atoms with Crippen LogP contribution in [0.5, 0.6) is 0 Å². The third-order valence-corrected chi connectivity index (χ3v) is 7.63. The second-order valence-corrected chi connectivity index (χ2v) is 9.82. The molecule has 27 heavy (non-hydrogen) atoms. The lowest BCUT2D eigenvalue weighted by molar-refractivity contribution is 0.0985. The summed E-state index contributed by atoms with van der Waals surface area (Å²) < 4.78 is 28.1. The molecule has 0 spiro atoms. The van der Waals surface area contributed by atoms with Gasteiger partial charge in [0.15, 0.2) is 0 Å². The molecule has 0 aromatic heterocycles. The van der Waals surface area contributed by atoms with Gasteiger partial charge in [0.2, 0.25) is 10.0 Å². The summed E-state index contributed by atoms with van der Waals surface area (Å²) >= 11 is 3.38. The van der Waals surface area contributed by atoms with Crippen molar-refractivity contribution in [3.63, 3.8) is 0 Å². The van der Waals surface area contributed by atoms with E-state index in [0.717, 1.165) is 41.4 Å². The van der Waals surface area contributed by atoms with Gasteiger partial charge < -0.3 is 4.90 Å². The molecule has 0 radical (unpaired) electrons. The van der Waals surface area contributed by atoms with E-state index in [0.29, 0.717) is 30.1 Å². The van der Waals surface area contributed by atoms with Gasteiger partial charge in [-0.05, 0) is 73.7 Å². The summed E-state index contributed by atoms with van der Waals surface area (Å²) in [4.78, 5) is 15.0. The summed E-state index contributed by atoms with van der Waals surface area (Å²) in [6.07, 6.45) is 3.44. The molecule has 0 N–H and O–H groups in total. The van der Waals surface area contributed by atoms with Gasteiger partial charge in [-0.25, -0.2) is 8.42 Å². The first-order chi connectivity index (χ1) is 13.0. The maximum Gasteiger partial charge on any atom is 0.258 e. The third kappa shape index (κ3) is 3.56. The van der Waals surface area contributed by atoms with Crippen LogP contribution in [0.15, 0.2) is 51.8 Å². The number of hydrogen-bond acceptors (Lipinski definition) is 3. The number of halogens is 1. The average Bonchev–Trinajstić information content (AvgIpc) is 3.23. The third-order valence-electron chi connectivity index (χ3n) is 5.21. The number of carbonyl (C=O) groups is 1. The number of nitrogens with zero attached hydrogens (tertiary/aromatic N) is 2. The Morgan fingerprint density at radius 2 is 1.63 bits per heavy atom. The van der Waals surface area contributed by atoms with Crippen LogP contribution in [0.25, 0.3) is 0 Å². The molecule has 0 aliphatic carbocycles. The van der Waals surface area contributed by atoms with E-state index in [4.69, 9.17) is 0 Å². The number of sulfonamides is 1. The minimum absolute atomic E-state index is 0.0569. The predicted molar refractivity (Wildman–Crippen MR) is 109 cm³/mol. The van der Waals surface area contributed by atoms with Gasteiger partial charge in [-0.1, -0.05) is 15.9 Å². The molecule has 1 amide bonds. The zero-order valence-corrected chi connectivity index (χ0v) is 17.3. The van der Waals surface area contributed by atoms with Crippen LogP contribution in [0.4, 0.5) is 5.69 Å². The van der Waals surface area contributed by atoms with E-state index < -0.39 is 10.0 Å². The van der Waals surface area contributed by atoms with E-state index in [-0.39, 0.29) is 5.91 Å². The highest BCUT2D eigenvalue weighted by molar-refractivity contribution is 9.10. The van der Waals surface area contributed by atoms with Crippen LogP contribution in [0, 0.1) is 0 Å². The molecule has 4 rings (SSSR count). The molecule has 7 heteroatoms. The molecule has 2 aliphatic heterocycles. The number of benzene rings is 2. The maximum absolute atomic E-state index is 12.9. The predicted octanol–water partition coefficient (Wildman–Crippen LogP) is 3.83. The minimum Gasteiger partial charge on any atom is -0.308 e. The molecule has 2 heterocycles. The van der Waals surface area contributed by atoms with E-state index in [1.807, 2.05) is 12.1 Å². The zero-order chi connectivity index (χ0) is 19.0. The van der Waals surface area contributed by atoms with Gasteiger partial charge in [0.05, 0.1) is 4.90 Å². The smallest absolute Gasteiger partial charge is 0.258 e. The molecule has 2 aliphatic rings. The quantitative estimate of drug-likeness (QED) is 0.716. The van der Waals surface area contributed by atoms with Crippen LogP contribution < -0.4 is 4.90 Å². The Kier molecular flexibility index (Phi) is 5.09. The molecular weight excluding hydrogens is 428 g/mol. The summed E-state index contributed by atoms with van der Waals surface area (Å²) in [6.45, 7) is 1.82. The van der Waals surface area contributed by atoms with Crippen molar-refractivity contribution in [3.8, 4) is 0 Å². The summed E-state index contributed by atoms with van der Waals surface area (Å²) in [5, 5.41) is 0. The Bertz CT molecular complexity index is 967. The van der Waals surface area contributed by atoms with E-state index in [1.165, 1.54) is 0 Å². The van der Waals surface area contributed by atoms with Crippen molar-refractivity contribution in [1.29, 1.82) is 0 Å². The van der Waals surface area contributed by atoms with E-state index in [2.05, 4.69) is 15.9 Å². The standard InChI is InChI=1S/C20H21BrN2O3S/c21-17-7-5-15(6-8-17)20(24)23-13-3-4-16-14-18(9-10-19(16)23)27(25,26)22-11-1-2-12-22/h5-10,14H,1-4,11-13H2. The molecule has 2 aromatic carbocycles. The SMILES string of the molecule is O=C(c1ccc(Br)cc1)N1CCCc2cc(S(=O)(=O)N3CCCC3)ccc21. The van der Waals surface area contributed by atoms with Gasteiger partial charge in [0, 0.05) is 35.4 Å². The first-order valence-electron chi connectivity index (χ1n) is 9.17. The topological polar surface area (TPSA) is 57.7 Å². The molecule has 0 atom stereocenters. The molecule has 0 unspecified atom stereocenters. The van der Waals surface area contributed by atoms with E-state index in [9.17, 15) is 13.2 Å². The largest absolute Gasteiger partial charge is 0.308 e. The van der Waals surface area contributed by atoms with Crippen molar-refractivity contribution in [2.24, 2.45) is 0 Å². The van der Waals surface area contributed by atoms with Crippen molar-refractivity contribution in [3.05, 3.63) is 58.1 Å². The Hall–Kier alpha value is -1.70. The highest BCUT2D eigenvalue weighted by Gasteiger charge is 2.30. The van der Waals surface area contributed by atoms with Crippen LogP contribution in [-0.4, -0.2) is 38.3 Å². The lowest BCUT2D eigenvalue weighted by Crippen LogP contribution is -2.35. The highest BCUT2D eigenvalue weighted by atomic mass is 79.9. The van der Waals surface area contributed by atoms with Gasteiger partial charge in [-0.2, -0.15) is 4.31 Å². The Labute approximate surface area is 168 Å². The lowest BCUT2D eigenvalue weighted by Gasteiger charge is -2.30. The number of fused-ring (bicyclic) bond motifs is 1. The van der Waals surface area contributed by atoms with Gasteiger partial charge in [-0.15, -0.1) is 0 Å². The first kappa shape index (κ1) is 18.7. The number of anilines is 1. The van der Waals surface area contributed by atoms with Crippen LogP contribution >= 0.6 is 15.9 Å². The molecule has 0 saturated carbocycles. The monoisotopic (exact) mass is 448 g/mol. The number of carbonyl (C=O) groups excluding carboxylic acids is 1. The van der Waals surface area contributed by atoms with Crippen molar-refractivity contribution in [1.82, 2.24) is 4.31 Å². The number of rotatable bonds is 3. The molecule has 0 bridgehead atoms. The molecular formula is C20H21BrN2O3S. The molecule has 5 nitrogen and oxygen atoms in total. The molecule has 1 saturated heterocycles. The van der Waals surface area contributed by atoms with Crippen molar-refractivity contribution >= 4 is 37.5 Å². The zero-order valence-electron chi connectivity index (χ0n) is 14.9. The van der Waals surface area contributed by atoms with Gasteiger partial charge >= 0.3 is 0 Å². The van der Waals surface area contributed by atoms with Gasteiger partial charge in [0.25, 0.3) is 5.91 Å². The average molecular weight is 449 g/mol. The van der Waals surface area contributed by atoms with Gasteiger partial charge in [0.1, 0.15) is 0 Å². The fourth-order valence-corrected chi connectivity index (χ4v) is 5.60. The van der Waals surface area contributed by atoms with Crippen molar-refractivity contribution in [2.45, 2.75) is 30.6 Å². The van der Waals surface area contributed by atoms with E-state index >= 15 is 0 Å². The first-order valence-corrected chi connectivity index (χ1v) is 11.4. The minimum atomic E-state index is -3.44. The van der Waals surface area contributed by atoms with Crippen LogP contribution in [0.3, 0.4) is 0 Å². The summed E-state index contributed by atoms with van der Waals surface area (Å²) in [6, 6.07) is 12.5. The Balaban J connectivity index is 1.66. The lowest BCUT2D eigenvalue weighted by atomic mass is 10.0. The fourth-order valence-electron chi connectivity index (χ4n) is 3.77. The Morgan fingerprint density at radius 1 is 0.926 bits per heavy atom. The fraction of sp³-hybridized carbons (Fsp3) is 0.350. The maximum atomic E-state index is 12.9. The normalized spacial score (nSPS) is 17.7. The summed E-state index contributed by atoms with van der Waals surface area (Å²) in [5.74, 6) is -0.0569. The second-order valence-electron chi connectivity index (χ2n) is 6.97. The van der Waals surface area contributed by atoms with E-state index in [1.54, 1.807) is 39.5 Å². The number of hydrogen-bond donors (Lipinski definition) is 0. The van der Waals surface area contributed by atoms with Crippen molar-refractivity contribution < 1.29 is 13.2 Å². The highest BCUT2D eigenvalue weighted by Crippen LogP contribution is 2.32. The Morgan fingerprint density at radius 3 is 2.33 bits per heavy atom. The summed E-state index contributed by atoms with van der Waals surface area (Å²) in [7, 11) is -3.44.